The molecule has 138 valence electrons. The summed E-state index contributed by atoms with van der Waals surface area (Å²) < 4.78 is 6.80. The van der Waals surface area contributed by atoms with Crippen LogP contribution < -0.4 is 15.4 Å². The first-order chi connectivity index (χ1) is 12.7. The van der Waals surface area contributed by atoms with E-state index in [0.29, 0.717) is 16.6 Å². The van der Waals surface area contributed by atoms with E-state index in [1.54, 1.807) is 13.2 Å². The summed E-state index contributed by atoms with van der Waals surface area (Å²) in [6, 6.07) is 7.00. The zero-order chi connectivity index (χ0) is 18.4. The lowest BCUT2D eigenvalue weighted by molar-refractivity contribution is -0.117. The Balaban J connectivity index is 1.56. The quantitative estimate of drug-likeness (QED) is 0.736. The van der Waals surface area contributed by atoms with Crippen LogP contribution in [-0.4, -0.2) is 51.1 Å². The molecule has 2 N–H and O–H groups in total. The van der Waals surface area contributed by atoms with Gasteiger partial charge in [0.05, 0.1) is 12.9 Å². The molecule has 0 radical (unpaired) electrons. The van der Waals surface area contributed by atoms with E-state index in [-0.39, 0.29) is 11.8 Å². The number of amides is 3. The lowest BCUT2D eigenvalue weighted by atomic mass is 10.2. The van der Waals surface area contributed by atoms with Crippen LogP contribution in [-0.2, 0) is 4.79 Å². The number of para-hydroxylation sites is 2. The number of hydrogen-bond acceptors (Lipinski definition) is 7. The van der Waals surface area contributed by atoms with Gasteiger partial charge in [0.15, 0.2) is 0 Å². The number of carbonyl (C=O) groups excluding carboxylic acids is 2. The van der Waals surface area contributed by atoms with E-state index in [1.165, 1.54) is 4.68 Å². The van der Waals surface area contributed by atoms with Gasteiger partial charge >= 0.3 is 6.03 Å². The van der Waals surface area contributed by atoms with Gasteiger partial charge in [-0.1, -0.05) is 36.7 Å². The molecule has 1 aromatic carbocycles. The largest absolute Gasteiger partial charge is 0.494 e. The van der Waals surface area contributed by atoms with Crippen molar-refractivity contribution < 1.29 is 14.3 Å². The minimum Gasteiger partial charge on any atom is -0.494 e. The first-order valence-corrected chi connectivity index (χ1v) is 9.31. The van der Waals surface area contributed by atoms with Crippen LogP contribution in [0, 0.1) is 0 Å². The van der Waals surface area contributed by atoms with E-state index >= 15 is 0 Å². The molecule has 3 rings (SSSR count). The van der Waals surface area contributed by atoms with Crippen molar-refractivity contribution in [3.63, 3.8) is 0 Å². The molecule has 1 aliphatic rings. The summed E-state index contributed by atoms with van der Waals surface area (Å²) in [6.45, 7) is 0. The highest BCUT2D eigenvalue weighted by Crippen LogP contribution is 2.25. The molecule has 1 aliphatic carbocycles. The van der Waals surface area contributed by atoms with Gasteiger partial charge in [0, 0.05) is 6.04 Å². The summed E-state index contributed by atoms with van der Waals surface area (Å²) >= 11 is 1.14. The number of tetrazole rings is 1. The number of benzene rings is 1. The molecule has 0 unspecified atom stereocenters. The minimum atomic E-state index is -0.452. The van der Waals surface area contributed by atoms with Gasteiger partial charge in [-0.3, -0.25) is 10.1 Å². The number of methoxy groups -OCH3 is 1. The van der Waals surface area contributed by atoms with Crippen LogP contribution in [0.3, 0.4) is 0 Å². The molecule has 0 spiro atoms. The summed E-state index contributed by atoms with van der Waals surface area (Å²) in [7, 11) is 1.56. The highest BCUT2D eigenvalue weighted by molar-refractivity contribution is 7.99. The van der Waals surface area contributed by atoms with Gasteiger partial charge in [-0.2, -0.15) is 4.68 Å². The number of carbonyl (C=O) groups is 2. The average Bonchev–Trinajstić information content (AvgIpc) is 3.31. The molecule has 0 saturated heterocycles. The Kier molecular flexibility index (Phi) is 6.05. The zero-order valence-corrected chi connectivity index (χ0v) is 15.2. The molecule has 26 heavy (non-hydrogen) atoms. The molecule has 2 aromatic rings. The Labute approximate surface area is 154 Å². The number of imide groups is 1. The topological polar surface area (TPSA) is 111 Å². The molecule has 1 fully saturated rings. The summed E-state index contributed by atoms with van der Waals surface area (Å²) in [5.74, 6) is 0.232. The molecule has 1 saturated carbocycles. The highest BCUT2D eigenvalue weighted by Gasteiger charge is 2.19. The molecular formula is C16H20N6O3S. The predicted octanol–water partition coefficient (Wildman–Crippen LogP) is 1.53. The van der Waals surface area contributed by atoms with Crippen LogP contribution in [0.5, 0.6) is 5.75 Å². The lowest BCUT2D eigenvalue weighted by Crippen LogP contribution is -2.44. The number of nitrogens with zero attached hydrogens (tertiary/aromatic N) is 4. The fourth-order valence-corrected chi connectivity index (χ4v) is 3.49. The van der Waals surface area contributed by atoms with Crippen molar-refractivity contribution in [3.8, 4) is 11.4 Å². The molecule has 0 atom stereocenters. The third-order valence-corrected chi connectivity index (χ3v) is 4.95. The van der Waals surface area contributed by atoms with E-state index in [4.69, 9.17) is 4.74 Å². The second-order valence-electron chi connectivity index (χ2n) is 5.84. The second kappa shape index (κ2) is 8.65. The maximum atomic E-state index is 12.0. The monoisotopic (exact) mass is 376 g/mol. The molecule has 9 nitrogen and oxygen atoms in total. The van der Waals surface area contributed by atoms with Crippen molar-refractivity contribution in [1.29, 1.82) is 0 Å². The van der Waals surface area contributed by atoms with Crippen LogP contribution in [0.4, 0.5) is 4.79 Å². The van der Waals surface area contributed by atoms with Crippen LogP contribution in [0.15, 0.2) is 29.4 Å². The molecule has 10 heteroatoms. The van der Waals surface area contributed by atoms with E-state index in [2.05, 4.69) is 26.2 Å². The summed E-state index contributed by atoms with van der Waals surface area (Å²) in [4.78, 5) is 23.8. The zero-order valence-electron chi connectivity index (χ0n) is 14.3. The number of hydrogen-bond donors (Lipinski definition) is 2. The number of nitrogens with one attached hydrogen (secondary N) is 2. The van der Waals surface area contributed by atoms with Gasteiger partial charge in [-0.05, 0) is 35.4 Å². The van der Waals surface area contributed by atoms with Gasteiger partial charge in [-0.15, -0.1) is 5.10 Å². The molecule has 0 bridgehead atoms. The van der Waals surface area contributed by atoms with Gasteiger partial charge in [0.2, 0.25) is 11.1 Å². The third-order valence-electron chi connectivity index (χ3n) is 4.03. The van der Waals surface area contributed by atoms with E-state index in [0.717, 1.165) is 37.4 Å². The minimum absolute atomic E-state index is 0.0214. The number of thioether (sulfide) groups is 1. The Morgan fingerprint density at radius 1 is 1.31 bits per heavy atom. The van der Waals surface area contributed by atoms with Crippen LogP contribution >= 0.6 is 11.8 Å². The molecule has 1 aromatic heterocycles. The van der Waals surface area contributed by atoms with Crippen molar-refractivity contribution in [2.75, 3.05) is 12.9 Å². The van der Waals surface area contributed by atoms with E-state index in [9.17, 15) is 9.59 Å². The third kappa shape index (κ3) is 4.51. The summed E-state index contributed by atoms with van der Waals surface area (Å²) in [6.07, 6.45) is 4.15. The summed E-state index contributed by atoms with van der Waals surface area (Å²) in [5.41, 5.74) is 0.668. The van der Waals surface area contributed by atoms with Crippen molar-refractivity contribution >= 4 is 23.7 Å². The van der Waals surface area contributed by atoms with Crippen LogP contribution in [0.25, 0.3) is 5.69 Å². The van der Waals surface area contributed by atoms with Crippen LogP contribution in [0.1, 0.15) is 25.7 Å². The Morgan fingerprint density at radius 2 is 2.08 bits per heavy atom. The normalized spacial score (nSPS) is 14.2. The number of rotatable bonds is 6. The lowest BCUT2D eigenvalue weighted by Gasteiger charge is -2.12. The smallest absolute Gasteiger partial charge is 0.321 e. The highest BCUT2D eigenvalue weighted by atomic mass is 32.2. The maximum Gasteiger partial charge on any atom is 0.321 e. The van der Waals surface area contributed by atoms with Crippen molar-refractivity contribution in [2.24, 2.45) is 0 Å². The van der Waals surface area contributed by atoms with Gasteiger partial charge in [-0.25, -0.2) is 4.79 Å². The van der Waals surface area contributed by atoms with E-state index in [1.807, 2.05) is 18.2 Å². The number of aromatic nitrogens is 4. The molecular weight excluding hydrogens is 356 g/mol. The predicted molar refractivity (Wildman–Crippen MR) is 95.4 cm³/mol. The van der Waals surface area contributed by atoms with Crippen molar-refractivity contribution in [3.05, 3.63) is 24.3 Å². The second-order valence-corrected chi connectivity index (χ2v) is 6.78. The van der Waals surface area contributed by atoms with Gasteiger partial charge in [0.25, 0.3) is 0 Å². The number of urea groups is 1. The molecule has 0 aliphatic heterocycles. The average molecular weight is 376 g/mol. The van der Waals surface area contributed by atoms with Crippen molar-refractivity contribution in [1.82, 2.24) is 30.8 Å². The first-order valence-electron chi connectivity index (χ1n) is 8.32. The van der Waals surface area contributed by atoms with Gasteiger partial charge < -0.3 is 10.1 Å². The van der Waals surface area contributed by atoms with Gasteiger partial charge in [0.1, 0.15) is 11.4 Å². The van der Waals surface area contributed by atoms with Crippen LogP contribution in [0.2, 0.25) is 0 Å². The van der Waals surface area contributed by atoms with E-state index < -0.39 is 11.9 Å². The Bertz CT molecular complexity index is 775. The molecule has 1 heterocycles. The number of ether oxygens (including phenoxy) is 1. The maximum absolute atomic E-state index is 12.0. The Morgan fingerprint density at radius 3 is 2.85 bits per heavy atom. The molecule has 3 amide bonds. The Hall–Kier alpha value is -2.62. The summed E-state index contributed by atoms with van der Waals surface area (Å²) in [5, 5.41) is 17.1. The SMILES string of the molecule is COc1ccccc1-n1nnnc1SCC(=O)NC(=O)NC1CCCC1. The van der Waals surface area contributed by atoms with Crippen molar-refractivity contribution in [2.45, 2.75) is 36.9 Å². The standard InChI is InChI=1S/C16H20N6O3S/c1-25-13-9-5-4-8-12(13)22-16(19-20-21-22)26-10-14(23)18-15(24)17-11-6-2-3-7-11/h4-5,8-9,11H,2-3,6-7,10H2,1H3,(H2,17,18,23,24). The first kappa shape index (κ1) is 18.2. The fourth-order valence-electron chi connectivity index (χ4n) is 2.81. The fraction of sp³-hybridized carbons (Fsp3) is 0.438.